The van der Waals surface area contributed by atoms with Gasteiger partial charge in [-0.15, -0.1) is 0 Å². The first kappa shape index (κ1) is 16.2. The van der Waals surface area contributed by atoms with E-state index < -0.39 is 0 Å². The number of anilines is 1. The Balaban J connectivity index is 2.21. The molecule has 1 rings (SSSR count). The molecule has 0 aliphatic carbocycles. The largest absolute Gasteiger partial charge is 0.378 e. The van der Waals surface area contributed by atoms with Gasteiger partial charge >= 0.3 is 0 Å². The van der Waals surface area contributed by atoms with Crippen molar-refractivity contribution in [3.8, 4) is 6.07 Å². The SMILES string of the molecule is CCCC(C)OCCCC(=O)Nc1ccc(C#N)cc1. The molecule has 1 aromatic carbocycles. The van der Waals surface area contributed by atoms with E-state index in [0.717, 1.165) is 19.3 Å². The number of rotatable bonds is 8. The molecule has 108 valence electrons. The van der Waals surface area contributed by atoms with Gasteiger partial charge in [0, 0.05) is 18.7 Å². The minimum Gasteiger partial charge on any atom is -0.378 e. The molecule has 1 N–H and O–H groups in total. The van der Waals surface area contributed by atoms with Crippen LogP contribution in [0.15, 0.2) is 24.3 Å². The smallest absolute Gasteiger partial charge is 0.224 e. The van der Waals surface area contributed by atoms with Crippen LogP contribution in [0.5, 0.6) is 0 Å². The zero-order valence-corrected chi connectivity index (χ0v) is 12.2. The van der Waals surface area contributed by atoms with Gasteiger partial charge < -0.3 is 10.1 Å². The second-order valence-electron chi connectivity index (χ2n) is 4.81. The van der Waals surface area contributed by atoms with Gasteiger partial charge in [0.2, 0.25) is 5.91 Å². The van der Waals surface area contributed by atoms with Crippen molar-refractivity contribution in [3.63, 3.8) is 0 Å². The lowest BCUT2D eigenvalue weighted by Crippen LogP contribution is -2.14. The third-order valence-electron chi connectivity index (χ3n) is 2.94. The lowest BCUT2D eigenvalue weighted by atomic mass is 10.2. The van der Waals surface area contributed by atoms with Crippen LogP contribution in [0.4, 0.5) is 5.69 Å². The van der Waals surface area contributed by atoms with Crippen LogP contribution >= 0.6 is 0 Å². The molecule has 1 unspecified atom stereocenters. The van der Waals surface area contributed by atoms with Crippen molar-refractivity contribution in [2.75, 3.05) is 11.9 Å². The quantitative estimate of drug-likeness (QED) is 0.738. The van der Waals surface area contributed by atoms with E-state index in [-0.39, 0.29) is 12.0 Å². The molecule has 0 aliphatic heterocycles. The van der Waals surface area contributed by atoms with Gasteiger partial charge in [0.15, 0.2) is 0 Å². The molecule has 1 aromatic rings. The third-order valence-corrected chi connectivity index (χ3v) is 2.94. The topological polar surface area (TPSA) is 62.1 Å². The zero-order valence-electron chi connectivity index (χ0n) is 12.2. The average molecular weight is 274 g/mol. The highest BCUT2D eigenvalue weighted by molar-refractivity contribution is 5.90. The molecular weight excluding hydrogens is 252 g/mol. The van der Waals surface area contributed by atoms with E-state index in [9.17, 15) is 4.79 Å². The Morgan fingerprint density at radius 3 is 2.70 bits per heavy atom. The number of nitrogens with one attached hydrogen (secondary N) is 1. The molecule has 0 saturated carbocycles. The van der Waals surface area contributed by atoms with Crippen molar-refractivity contribution in [2.45, 2.75) is 45.6 Å². The van der Waals surface area contributed by atoms with Gasteiger partial charge in [0.25, 0.3) is 0 Å². The minimum absolute atomic E-state index is 0.0264. The van der Waals surface area contributed by atoms with Crippen LogP contribution in [0, 0.1) is 11.3 Å². The van der Waals surface area contributed by atoms with E-state index in [4.69, 9.17) is 10.00 Å². The number of ether oxygens (including phenoxy) is 1. The normalized spacial score (nSPS) is 11.7. The van der Waals surface area contributed by atoms with E-state index in [1.807, 2.05) is 6.07 Å². The van der Waals surface area contributed by atoms with Crippen molar-refractivity contribution in [1.82, 2.24) is 0 Å². The summed E-state index contributed by atoms with van der Waals surface area (Å²) in [5.41, 5.74) is 1.30. The standard InChI is InChI=1S/C16H22N2O2/c1-3-5-13(2)20-11-4-6-16(19)18-15-9-7-14(12-17)8-10-15/h7-10,13H,3-6,11H2,1-2H3,(H,18,19). The maximum atomic E-state index is 11.7. The monoisotopic (exact) mass is 274 g/mol. The van der Waals surface area contributed by atoms with E-state index in [1.54, 1.807) is 24.3 Å². The molecule has 0 saturated heterocycles. The van der Waals surface area contributed by atoms with Gasteiger partial charge in [-0.1, -0.05) is 13.3 Å². The van der Waals surface area contributed by atoms with Gasteiger partial charge in [-0.25, -0.2) is 0 Å². The highest BCUT2D eigenvalue weighted by Crippen LogP contribution is 2.09. The molecule has 0 aromatic heterocycles. The Bertz CT molecular complexity index is 449. The number of hydrogen-bond donors (Lipinski definition) is 1. The summed E-state index contributed by atoms with van der Waals surface area (Å²) in [6, 6.07) is 8.88. The summed E-state index contributed by atoms with van der Waals surface area (Å²) in [5.74, 6) is -0.0264. The molecule has 0 aliphatic rings. The maximum Gasteiger partial charge on any atom is 0.224 e. The van der Waals surface area contributed by atoms with E-state index in [2.05, 4.69) is 19.2 Å². The summed E-state index contributed by atoms with van der Waals surface area (Å²) in [5, 5.41) is 11.5. The highest BCUT2D eigenvalue weighted by atomic mass is 16.5. The summed E-state index contributed by atoms with van der Waals surface area (Å²) in [6.45, 7) is 4.80. The molecule has 0 bridgehead atoms. The van der Waals surface area contributed by atoms with Crippen molar-refractivity contribution in [3.05, 3.63) is 29.8 Å². The lowest BCUT2D eigenvalue weighted by molar-refractivity contribution is -0.116. The van der Waals surface area contributed by atoms with Crippen LogP contribution < -0.4 is 5.32 Å². The van der Waals surface area contributed by atoms with Crippen molar-refractivity contribution >= 4 is 11.6 Å². The van der Waals surface area contributed by atoms with Gasteiger partial charge in [-0.3, -0.25) is 4.79 Å². The first-order chi connectivity index (χ1) is 9.65. The van der Waals surface area contributed by atoms with E-state index in [1.165, 1.54) is 0 Å². The van der Waals surface area contributed by atoms with E-state index >= 15 is 0 Å². The van der Waals surface area contributed by atoms with E-state index in [0.29, 0.717) is 24.3 Å². The summed E-state index contributed by atoms with van der Waals surface area (Å²) in [6.07, 6.45) is 3.59. The Labute approximate surface area is 120 Å². The fraction of sp³-hybridized carbons (Fsp3) is 0.500. The fourth-order valence-electron chi connectivity index (χ4n) is 1.86. The Kier molecular flexibility index (Phi) is 7.38. The first-order valence-corrected chi connectivity index (χ1v) is 7.07. The zero-order chi connectivity index (χ0) is 14.8. The highest BCUT2D eigenvalue weighted by Gasteiger charge is 2.04. The first-order valence-electron chi connectivity index (χ1n) is 7.07. The summed E-state index contributed by atoms with van der Waals surface area (Å²) in [7, 11) is 0. The Morgan fingerprint density at radius 2 is 2.10 bits per heavy atom. The molecule has 1 amide bonds. The van der Waals surface area contributed by atoms with Crippen LogP contribution in [0.3, 0.4) is 0 Å². The molecule has 20 heavy (non-hydrogen) atoms. The molecule has 0 fully saturated rings. The van der Waals surface area contributed by atoms with Crippen molar-refractivity contribution < 1.29 is 9.53 Å². The number of hydrogen-bond acceptors (Lipinski definition) is 3. The molecule has 4 nitrogen and oxygen atoms in total. The summed E-state index contributed by atoms with van der Waals surface area (Å²) < 4.78 is 5.60. The average Bonchev–Trinajstić information content (AvgIpc) is 2.45. The maximum absolute atomic E-state index is 11.7. The molecule has 0 heterocycles. The Hall–Kier alpha value is -1.86. The van der Waals surface area contributed by atoms with Crippen LogP contribution in [-0.2, 0) is 9.53 Å². The molecule has 0 spiro atoms. The number of amides is 1. The third kappa shape index (κ3) is 6.35. The Morgan fingerprint density at radius 1 is 1.40 bits per heavy atom. The van der Waals surface area contributed by atoms with Gasteiger partial charge in [-0.05, 0) is 44.0 Å². The van der Waals surface area contributed by atoms with Crippen molar-refractivity contribution in [2.24, 2.45) is 0 Å². The molecular formula is C16H22N2O2. The summed E-state index contributed by atoms with van der Waals surface area (Å²) in [4.78, 5) is 11.7. The number of carbonyl (C=O) groups is 1. The number of benzene rings is 1. The molecule has 4 heteroatoms. The number of nitrogens with zero attached hydrogens (tertiary/aromatic N) is 1. The van der Waals surface area contributed by atoms with Crippen molar-refractivity contribution in [1.29, 1.82) is 5.26 Å². The van der Waals surface area contributed by atoms with Gasteiger partial charge in [-0.2, -0.15) is 5.26 Å². The minimum atomic E-state index is -0.0264. The molecule has 1 atom stereocenters. The van der Waals surface area contributed by atoms with Crippen LogP contribution in [0.1, 0.15) is 45.1 Å². The predicted octanol–water partition coefficient (Wildman–Crippen LogP) is 3.48. The predicted molar refractivity (Wildman–Crippen MR) is 79.3 cm³/mol. The van der Waals surface area contributed by atoms with Crippen LogP contribution in [0.2, 0.25) is 0 Å². The van der Waals surface area contributed by atoms with Gasteiger partial charge in [0.05, 0.1) is 17.7 Å². The van der Waals surface area contributed by atoms with Crippen LogP contribution in [-0.4, -0.2) is 18.6 Å². The summed E-state index contributed by atoms with van der Waals surface area (Å²) >= 11 is 0. The second kappa shape index (κ2) is 9.11. The fourth-order valence-corrected chi connectivity index (χ4v) is 1.86. The van der Waals surface area contributed by atoms with Crippen LogP contribution in [0.25, 0.3) is 0 Å². The lowest BCUT2D eigenvalue weighted by Gasteiger charge is -2.11. The second-order valence-corrected chi connectivity index (χ2v) is 4.81. The number of carbonyl (C=O) groups excluding carboxylic acids is 1. The number of nitriles is 1. The molecule has 0 radical (unpaired) electrons. The van der Waals surface area contributed by atoms with Gasteiger partial charge in [0.1, 0.15) is 0 Å².